The summed E-state index contributed by atoms with van der Waals surface area (Å²) >= 11 is 5.60. The van der Waals surface area contributed by atoms with E-state index in [2.05, 4.69) is 50.0 Å². The van der Waals surface area contributed by atoms with Gasteiger partial charge in [0.05, 0.1) is 22.4 Å². The van der Waals surface area contributed by atoms with Gasteiger partial charge in [0.2, 0.25) is 0 Å². The van der Waals surface area contributed by atoms with Crippen LogP contribution >= 0.6 is 27.7 Å². The number of hydrogen-bond donors (Lipinski definition) is 2. The minimum absolute atomic E-state index is 0.0984. The van der Waals surface area contributed by atoms with Gasteiger partial charge in [-0.1, -0.05) is 6.92 Å². The standard InChI is InChI=1S/C12H22BrN5S/c1-3-4-18-12(9(13)7-15-18)11(16-14)10-8-19-6-5-17(10)2/h7,10-11,16H,3-6,8,14H2,1-2H3. The molecule has 7 heteroatoms. The van der Waals surface area contributed by atoms with Crippen molar-refractivity contribution in [1.82, 2.24) is 20.1 Å². The number of hydrogen-bond acceptors (Lipinski definition) is 5. The second kappa shape index (κ2) is 7.08. The molecule has 0 bridgehead atoms. The first-order chi connectivity index (χ1) is 9.19. The van der Waals surface area contributed by atoms with Crippen LogP contribution in [-0.4, -0.2) is 45.8 Å². The average molecular weight is 348 g/mol. The van der Waals surface area contributed by atoms with Gasteiger partial charge in [-0.2, -0.15) is 16.9 Å². The minimum Gasteiger partial charge on any atom is -0.300 e. The van der Waals surface area contributed by atoms with Gasteiger partial charge in [0.25, 0.3) is 0 Å². The highest BCUT2D eigenvalue weighted by atomic mass is 79.9. The van der Waals surface area contributed by atoms with Crippen LogP contribution in [0.25, 0.3) is 0 Å². The number of rotatable bonds is 5. The Morgan fingerprint density at radius 2 is 2.47 bits per heavy atom. The molecule has 1 saturated heterocycles. The molecule has 0 amide bonds. The summed E-state index contributed by atoms with van der Waals surface area (Å²) in [4.78, 5) is 2.39. The topological polar surface area (TPSA) is 59.1 Å². The van der Waals surface area contributed by atoms with Crippen LogP contribution in [0.15, 0.2) is 10.7 Å². The van der Waals surface area contributed by atoms with E-state index in [0.29, 0.717) is 6.04 Å². The summed E-state index contributed by atoms with van der Waals surface area (Å²) in [5, 5.41) is 4.44. The summed E-state index contributed by atoms with van der Waals surface area (Å²) in [5.74, 6) is 8.13. The summed E-state index contributed by atoms with van der Waals surface area (Å²) < 4.78 is 3.09. The lowest BCUT2D eigenvalue weighted by atomic mass is 10.1. The van der Waals surface area contributed by atoms with Crippen molar-refractivity contribution in [2.75, 3.05) is 25.1 Å². The molecule has 3 N–H and O–H groups in total. The third kappa shape index (κ3) is 3.33. The van der Waals surface area contributed by atoms with Crippen LogP contribution in [0, 0.1) is 0 Å². The summed E-state index contributed by atoms with van der Waals surface area (Å²) in [6.07, 6.45) is 2.93. The fourth-order valence-corrected chi connectivity index (χ4v) is 4.31. The van der Waals surface area contributed by atoms with Crippen LogP contribution in [-0.2, 0) is 6.54 Å². The van der Waals surface area contributed by atoms with E-state index in [1.54, 1.807) is 0 Å². The molecule has 0 radical (unpaired) electrons. The van der Waals surface area contributed by atoms with E-state index in [0.717, 1.165) is 35.4 Å². The first-order valence-corrected chi connectivity index (χ1v) is 8.59. The molecule has 0 saturated carbocycles. The van der Waals surface area contributed by atoms with E-state index in [1.807, 2.05) is 18.0 Å². The van der Waals surface area contributed by atoms with Crippen molar-refractivity contribution in [2.45, 2.75) is 32.0 Å². The molecule has 2 heterocycles. The number of aromatic nitrogens is 2. The normalized spacial score (nSPS) is 22.6. The maximum Gasteiger partial charge on any atom is 0.0803 e. The van der Waals surface area contributed by atoms with E-state index < -0.39 is 0 Å². The van der Waals surface area contributed by atoms with Gasteiger partial charge in [-0.25, -0.2) is 5.43 Å². The zero-order chi connectivity index (χ0) is 13.8. The van der Waals surface area contributed by atoms with Gasteiger partial charge in [-0.3, -0.25) is 15.4 Å². The zero-order valence-corrected chi connectivity index (χ0v) is 13.9. The van der Waals surface area contributed by atoms with Gasteiger partial charge < -0.3 is 0 Å². The van der Waals surface area contributed by atoms with Crippen LogP contribution in [0.4, 0.5) is 0 Å². The Kier molecular flexibility index (Phi) is 5.70. The van der Waals surface area contributed by atoms with E-state index in [9.17, 15) is 0 Å². The Morgan fingerprint density at radius 3 is 3.11 bits per heavy atom. The first kappa shape index (κ1) is 15.3. The fraction of sp³-hybridized carbons (Fsp3) is 0.750. The molecule has 1 aromatic rings. The largest absolute Gasteiger partial charge is 0.300 e. The van der Waals surface area contributed by atoms with Gasteiger partial charge in [-0.15, -0.1) is 0 Å². The molecular weight excluding hydrogens is 326 g/mol. The molecule has 2 atom stereocenters. The Hall–Kier alpha value is -0.0800. The van der Waals surface area contributed by atoms with Gasteiger partial charge in [-0.05, 0) is 29.4 Å². The van der Waals surface area contributed by atoms with E-state index in [-0.39, 0.29) is 6.04 Å². The predicted molar refractivity (Wildman–Crippen MR) is 84.0 cm³/mol. The van der Waals surface area contributed by atoms with Gasteiger partial charge >= 0.3 is 0 Å². The van der Waals surface area contributed by atoms with E-state index in [4.69, 9.17) is 5.84 Å². The maximum atomic E-state index is 5.84. The lowest BCUT2D eigenvalue weighted by Gasteiger charge is -2.37. The lowest BCUT2D eigenvalue weighted by molar-refractivity contribution is 0.209. The molecule has 2 rings (SSSR count). The number of thioether (sulfide) groups is 1. The van der Waals surface area contributed by atoms with Crippen molar-refractivity contribution in [3.8, 4) is 0 Å². The number of halogens is 1. The molecule has 1 aliphatic heterocycles. The quantitative estimate of drug-likeness (QED) is 0.625. The third-order valence-electron chi connectivity index (χ3n) is 3.57. The van der Waals surface area contributed by atoms with Gasteiger partial charge in [0, 0.05) is 30.6 Å². The second-order valence-electron chi connectivity index (χ2n) is 4.87. The maximum absolute atomic E-state index is 5.84. The monoisotopic (exact) mass is 347 g/mol. The second-order valence-corrected chi connectivity index (χ2v) is 6.87. The summed E-state index contributed by atoms with van der Waals surface area (Å²) in [6, 6.07) is 0.494. The van der Waals surface area contributed by atoms with Gasteiger partial charge in [0.1, 0.15) is 0 Å². The van der Waals surface area contributed by atoms with Crippen molar-refractivity contribution in [2.24, 2.45) is 5.84 Å². The Balaban J connectivity index is 2.27. The number of aryl methyl sites for hydroxylation is 1. The molecule has 1 aliphatic rings. The van der Waals surface area contributed by atoms with Crippen LogP contribution < -0.4 is 11.3 Å². The summed E-state index contributed by atoms with van der Waals surface area (Å²) in [6.45, 7) is 4.18. The number of nitrogens with two attached hydrogens (primary N) is 1. The molecule has 1 aromatic heterocycles. The van der Waals surface area contributed by atoms with Crippen LogP contribution in [0.2, 0.25) is 0 Å². The fourth-order valence-electron chi connectivity index (χ4n) is 2.50. The van der Waals surface area contributed by atoms with Crippen LogP contribution in [0.1, 0.15) is 25.1 Å². The number of nitrogens with zero attached hydrogens (tertiary/aromatic N) is 3. The van der Waals surface area contributed by atoms with Crippen LogP contribution in [0.5, 0.6) is 0 Å². The van der Waals surface area contributed by atoms with Crippen molar-refractivity contribution in [3.63, 3.8) is 0 Å². The van der Waals surface area contributed by atoms with Crippen molar-refractivity contribution in [1.29, 1.82) is 0 Å². The molecule has 0 aliphatic carbocycles. The molecule has 108 valence electrons. The van der Waals surface area contributed by atoms with E-state index in [1.165, 1.54) is 5.75 Å². The highest BCUT2D eigenvalue weighted by Crippen LogP contribution is 2.30. The lowest BCUT2D eigenvalue weighted by Crippen LogP contribution is -2.50. The molecule has 2 unspecified atom stereocenters. The third-order valence-corrected chi connectivity index (χ3v) is 5.23. The molecule has 19 heavy (non-hydrogen) atoms. The average Bonchev–Trinajstić information content (AvgIpc) is 2.75. The van der Waals surface area contributed by atoms with Gasteiger partial charge in [0.15, 0.2) is 0 Å². The highest BCUT2D eigenvalue weighted by Gasteiger charge is 2.32. The smallest absolute Gasteiger partial charge is 0.0803 e. The summed E-state index contributed by atoms with van der Waals surface area (Å²) in [5.41, 5.74) is 4.15. The van der Waals surface area contributed by atoms with Crippen molar-refractivity contribution >= 4 is 27.7 Å². The number of nitrogens with one attached hydrogen (secondary N) is 1. The van der Waals surface area contributed by atoms with E-state index >= 15 is 0 Å². The van der Waals surface area contributed by atoms with Crippen LogP contribution in [0.3, 0.4) is 0 Å². The summed E-state index contributed by atoms with van der Waals surface area (Å²) in [7, 11) is 2.17. The molecule has 0 aromatic carbocycles. The zero-order valence-electron chi connectivity index (χ0n) is 11.5. The Morgan fingerprint density at radius 1 is 1.68 bits per heavy atom. The Labute approximate surface area is 127 Å². The van der Waals surface area contributed by atoms with Crippen molar-refractivity contribution in [3.05, 3.63) is 16.4 Å². The minimum atomic E-state index is 0.0984. The van der Waals surface area contributed by atoms with Crippen molar-refractivity contribution < 1.29 is 0 Å². The SMILES string of the molecule is CCCn1ncc(Br)c1C(NN)C1CSCCN1C. The first-order valence-electron chi connectivity index (χ1n) is 6.64. The molecule has 0 spiro atoms. The number of hydrazine groups is 1. The highest BCUT2D eigenvalue weighted by molar-refractivity contribution is 9.10. The number of likely N-dealkylation sites (N-methyl/N-ethyl adjacent to an activating group) is 1. The molecule has 1 fully saturated rings. The molecular formula is C12H22BrN5S. The molecule has 5 nitrogen and oxygen atoms in total. The predicted octanol–water partition coefficient (Wildman–Crippen LogP) is 1.61. The Bertz CT molecular complexity index is 411.